The van der Waals surface area contributed by atoms with Crippen LogP contribution in [0.4, 0.5) is 5.69 Å². The first-order chi connectivity index (χ1) is 9.94. The summed E-state index contributed by atoms with van der Waals surface area (Å²) in [7, 11) is 0. The van der Waals surface area contributed by atoms with Gasteiger partial charge in [0.25, 0.3) is 5.69 Å². The van der Waals surface area contributed by atoms with Crippen LogP contribution in [0.1, 0.15) is 37.3 Å². The van der Waals surface area contributed by atoms with Gasteiger partial charge in [0.2, 0.25) is 5.91 Å². The highest BCUT2D eigenvalue weighted by Gasteiger charge is 2.33. The van der Waals surface area contributed by atoms with Crippen molar-refractivity contribution in [2.45, 2.75) is 45.2 Å². The smallest absolute Gasteiger partial charge is 0.272 e. The van der Waals surface area contributed by atoms with E-state index in [0.717, 1.165) is 31.4 Å². The quantitative estimate of drug-likeness (QED) is 0.657. The minimum Gasteiger partial charge on any atom is -0.350 e. The maximum Gasteiger partial charge on any atom is 0.272 e. The van der Waals surface area contributed by atoms with E-state index < -0.39 is 10.5 Å². The number of carbonyl (C=O) groups is 1. The molecule has 0 aliphatic carbocycles. The SMILES string of the molecule is Cc1c(CNC(=O)C2(C)CCCCN2)cccc1[N+](=O)[O-].Cl. The van der Waals surface area contributed by atoms with Crippen molar-refractivity contribution in [2.75, 3.05) is 6.54 Å². The highest BCUT2D eigenvalue weighted by Crippen LogP contribution is 2.22. The van der Waals surface area contributed by atoms with E-state index in [1.165, 1.54) is 6.07 Å². The van der Waals surface area contributed by atoms with Crippen LogP contribution in [0.3, 0.4) is 0 Å². The molecule has 0 saturated carbocycles. The molecule has 0 aromatic heterocycles. The number of piperidine rings is 1. The Bertz CT molecular complexity index is 557. The predicted molar refractivity (Wildman–Crippen MR) is 87.2 cm³/mol. The van der Waals surface area contributed by atoms with Crippen molar-refractivity contribution in [1.29, 1.82) is 0 Å². The van der Waals surface area contributed by atoms with Gasteiger partial charge in [0.1, 0.15) is 0 Å². The van der Waals surface area contributed by atoms with Crippen molar-refractivity contribution in [3.63, 3.8) is 0 Å². The Balaban J connectivity index is 0.00000242. The van der Waals surface area contributed by atoms with E-state index in [-0.39, 0.29) is 24.0 Å². The fraction of sp³-hybridized carbons (Fsp3) is 0.533. The van der Waals surface area contributed by atoms with E-state index in [9.17, 15) is 14.9 Å². The average molecular weight is 328 g/mol. The Morgan fingerprint density at radius 3 is 2.77 bits per heavy atom. The number of hydrogen-bond acceptors (Lipinski definition) is 4. The molecule has 7 heteroatoms. The lowest BCUT2D eigenvalue weighted by Gasteiger charge is -2.33. The number of benzene rings is 1. The number of hydrogen-bond donors (Lipinski definition) is 2. The highest BCUT2D eigenvalue weighted by atomic mass is 35.5. The number of nitrogens with zero attached hydrogens (tertiary/aromatic N) is 1. The van der Waals surface area contributed by atoms with Gasteiger partial charge in [0.05, 0.1) is 10.5 Å². The summed E-state index contributed by atoms with van der Waals surface area (Å²) in [4.78, 5) is 22.8. The van der Waals surface area contributed by atoms with E-state index >= 15 is 0 Å². The number of carbonyl (C=O) groups excluding carboxylic acids is 1. The topological polar surface area (TPSA) is 84.3 Å². The lowest BCUT2D eigenvalue weighted by Crippen LogP contribution is -2.56. The molecule has 0 bridgehead atoms. The Kier molecular flexibility index (Phi) is 6.32. The van der Waals surface area contributed by atoms with Crippen LogP contribution >= 0.6 is 12.4 Å². The van der Waals surface area contributed by atoms with Crippen LogP contribution in [0, 0.1) is 17.0 Å². The minimum absolute atomic E-state index is 0. The Hall–Kier alpha value is -1.66. The van der Waals surface area contributed by atoms with Crippen molar-refractivity contribution >= 4 is 24.0 Å². The summed E-state index contributed by atoms with van der Waals surface area (Å²) in [6, 6.07) is 4.93. The highest BCUT2D eigenvalue weighted by molar-refractivity contribution is 5.86. The average Bonchev–Trinajstić information content (AvgIpc) is 2.46. The third-order valence-corrected chi connectivity index (χ3v) is 4.17. The first kappa shape index (κ1) is 18.4. The van der Waals surface area contributed by atoms with Crippen LogP contribution in [0.5, 0.6) is 0 Å². The number of nitrogens with one attached hydrogen (secondary N) is 2. The molecular formula is C15H22ClN3O3. The molecule has 1 fully saturated rings. The second kappa shape index (κ2) is 7.56. The van der Waals surface area contributed by atoms with Crippen LogP contribution in [-0.4, -0.2) is 22.9 Å². The molecule has 1 aromatic rings. The van der Waals surface area contributed by atoms with Crippen LogP contribution in [0.15, 0.2) is 18.2 Å². The summed E-state index contributed by atoms with van der Waals surface area (Å²) in [5.41, 5.74) is 0.928. The standard InChI is InChI=1S/C15H21N3O3.ClH/c1-11-12(6-5-7-13(11)18(20)21)10-16-14(19)15(2)8-3-4-9-17-15;/h5-7,17H,3-4,8-10H2,1-2H3,(H,16,19);1H. The molecule has 1 aromatic carbocycles. The molecule has 1 atom stereocenters. The van der Waals surface area contributed by atoms with Gasteiger partial charge in [-0.2, -0.15) is 0 Å². The van der Waals surface area contributed by atoms with Gasteiger partial charge in [-0.3, -0.25) is 14.9 Å². The van der Waals surface area contributed by atoms with Gasteiger partial charge in [-0.15, -0.1) is 12.4 Å². The third-order valence-electron chi connectivity index (χ3n) is 4.17. The zero-order valence-corrected chi connectivity index (χ0v) is 13.7. The van der Waals surface area contributed by atoms with Gasteiger partial charge < -0.3 is 10.6 Å². The summed E-state index contributed by atoms with van der Waals surface area (Å²) in [6.45, 7) is 4.77. The van der Waals surface area contributed by atoms with Crippen molar-refractivity contribution < 1.29 is 9.72 Å². The second-order valence-corrected chi connectivity index (χ2v) is 5.72. The van der Waals surface area contributed by atoms with Crippen LogP contribution in [-0.2, 0) is 11.3 Å². The fourth-order valence-corrected chi connectivity index (χ4v) is 2.68. The van der Waals surface area contributed by atoms with Gasteiger partial charge in [-0.05, 0) is 45.2 Å². The molecule has 1 unspecified atom stereocenters. The van der Waals surface area contributed by atoms with Gasteiger partial charge in [-0.1, -0.05) is 12.1 Å². The zero-order valence-electron chi connectivity index (χ0n) is 12.8. The van der Waals surface area contributed by atoms with Gasteiger partial charge >= 0.3 is 0 Å². The lowest BCUT2D eigenvalue weighted by atomic mass is 9.90. The van der Waals surface area contributed by atoms with E-state index in [1.807, 2.05) is 6.92 Å². The van der Waals surface area contributed by atoms with E-state index in [0.29, 0.717) is 12.1 Å². The van der Waals surface area contributed by atoms with Crippen LogP contribution < -0.4 is 10.6 Å². The zero-order chi connectivity index (χ0) is 15.5. The maximum atomic E-state index is 12.3. The molecule has 22 heavy (non-hydrogen) atoms. The van der Waals surface area contributed by atoms with E-state index in [2.05, 4.69) is 10.6 Å². The van der Waals surface area contributed by atoms with Crippen LogP contribution in [0.25, 0.3) is 0 Å². The fourth-order valence-electron chi connectivity index (χ4n) is 2.68. The molecule has 1 aliphatic rings. The van der Waals surface area contributed by atoms with Crippen molar-refractivity contribution in [3.8, 4) is 0 Å². The minimum atomic E-state index is -0.535. The number of halogens is 1. The molecule has 2 N–H and O–H groups in total. The summed E-state index contributed by atoms with van der Waals surface area (Å²) in [5.74, 6) is -0.0480. The predicted octanol–water partition coefficient (Wildman–Crippen LogP) is 2.47. The number of rotatable bonds is 4. The maximum absolute atomic E-state index is 12.3. The van der Waals surface area contributed by atoms with Gasteiger partial charge in [0, 0.05) is 18.2 Å². The molecule has 6 nitrogen and oxygen atoms in total. The van der Waals surface area contributed by atoms with Crippen molar-refractivity contribution in [1.82, 2.24) is 10.6 Å². The molecule has 1 heterocycles. The van der Waals surface area contributed by atoms with Crippen molar-refractivity contribution in [2.24, 2.45) is 0 Å². The Labute approximate surface area is 136 Å². The number of nitro benzene ring substituents is 1. The first-order valence-electron chi connectivity index (χ1n) is 7.20. The van der Waals surface area contributed by atoms with Gasteiger partial charge in [0.15, 0.2) is 0 Å². The molecule has 2 rings (SSSR count). The Morgan fingerprint density at radius 1 is 1.45 bits per heavy atom. The molecular weight excluding hydrogens is 306 g/mol. The van der Waals surface area contributed by atoms with E-state index in [4.69, 9.17) is 0 Å². The largest absolute Gasteiger partial charge is 0.350 e. The summed E-state index contributed by atoms with van der Waals surface area (Å²) >= 11 is 0. The molecule has 0 radical (unpaired) electrons. The van der Waals surface area contributed by atoms with Crippen LogP contribution in [0.2, 0.25) is 0 Å². The molecule has 1 amide bonds. The molecule has 122 valence electrons. The van der Waals surface area contributed by atoms with Gasteiger partial charge in [-0.25, -0.2) is 0 Å². The normalized spacial score (nSPS) is 20.8. The first-order valence-corrected chi connectivity index (χ1v) is 7.20. The second-order valence-electron chi connectivity index (χ2n) is 5.72. The monoisotopic (exact) mass is 327 g/mol. The lowest BCUT2D eigenvalue weighted by molar-refractivity contribution is -0.385. The third kappa shape index (κ3) is 3.96. The van der Waals surface area contributed by atoms with Crippen molar-refractivity contribution in [3.05, 3.63) is 39.4 Å². The summed E-state index contributed by atoms with van der Waals surface area (Å²) in [6.07, 6.45) is 2.94. The molecule has 1 saturated heterocycles. The van der Waals surface area contributed by atoms with E-state index in [1.54, 1.807) is 19.1 Å². The molecule has 0 spiro atoms. The number of amides is 1. The summed E-state index contributed by atoms with van der Waals surface area (Å²) < 4.78 is 0. The summed E-state index contributed by atoms with van der Waals surface area (Å²) in [5, 5.41) is 17.1. The number of nitro groups is 1. The Morgan fingerprint density at radius 2 is 2.18 bits per heavy atom. The molecule has 1 aliphatic heterocycles.